The lowest BCUT2D eigenvalue weighted by Crippen LogP contribution is -1.94. The maximum atomic E-state index is 10.9. The fraction of sp³-hybridized carbons (Fsp3) is 0.0833. The number of aromatic nitrogens is 1. The van der Waals surface area contributed by atoms with E-state index in [0.29, 0.717) is 11.5 Å². The summed E-state index contributed by atoms with van der Waals surface area (Å²) in [5.41, 5.74) is 0.964. The van der Waals surface area contributed by atoms with E-state index in [4.69, 9.17) is 19.6 Å². The Morgan fingerprint density at radius 2 is 1.95 bits per heavy atom. The van der Waals surface area contributed by atoms with Gasteiger partial charge in [0.15, 0.2) is 5.76 Å². The molecule has 0 aliphatic rings. The van der Waals surface area contributed by atoms with Gasteiger partial charge in [0.1, 0.15) is 17.0 Å². The average Bonchev–Trinajstić information content (AvgIpc) is 2.91. The van der Waals surface area contributed by atoms with E-state index in [1.807, 2.05) is 24.3 Å². The summed E-state index contributed by atoms with van der Waals surface area (Å²) in [5, 5.41) is 4.58. The highest BCUT2D eigenvalue weighted by atomic mass is 35.7. The molecule has 0 fully saturated rings. The topological polar surface area (TPSA) is 73.3 Å². The van der Waals surface area contributed by atoms with Crippen molar-refractivity contribution in [3.8, 4) is 11.5 Å². The molecule has 0 N–H and O–H groups in total. The standard InChI is InChI=1S/C12H8ClNO4S/c13-19(15,16)7-9-6-12(18-14-9)11-5-8-3-1-2-4-10(8)17-11/h1-6H,7H2. The Hall–Kier alpha value is -1.79. The van der Waals surface area contributed by atoms with Crippen molar-refractivity contribution in [3.63, 3.8) is 0 Å². The number of halogens is 1. The highest BCUT2D eigenvalue weighted by Crippen LogP contribution is 2.28. The zero-order chi connectivity index (χ0) is 13.5. The summed E-state index contributed by atoms with van der Waals surface area (Å²) in [6, 6.07) is 10.8. The van der Waals surface area contributed by atoms with Gasteiger partial charge < -0.3 is 8.94 Å². The molecule has 0 saturated carbocycles. The van der Waals surface area contributed by atoms with E-state index < -0.39 is 9.05 Å². The Kier molecular flexibility index (Phi) is 2.83. The quantitative estimate of drug-likeness (QED) is 0.694. The van der Waals surface area contributed by atoms with E-state index in [1.54, 1.807) is 6.07 Å². The summed E-state index contributed by atoms with van der Waals surface area (Å²) in [4.78, 5) is 0. The second kappa shape index (κ2) is 4.40. The van der Waals surface area contributed by atoms with Crippen molar-refractivity contribution < 1.29 is 17.4 Å². The normalized spacial score (nSPS) is 12.1. The van der Waals surface area contributed by atoms with Crippen LogP contribution in [0.25, 0.3) is 22.5 Å². The number of para-hydroxylation sites is 1. The lowest BCUT2D eigenvalue weighted by Gasteiger charge is -1.87. The van der Waals surface area contributed by atoms with Gasteiger partial charge in [0.25, 0.3) is 0 Å². The summed E-state index contributed by atoms with van der Waals surface area (Å²) in [7, 11) is 1.50. The lowest BCUT2D eigenvalue weighted by atomic mass is 10.2. The molecule has 0 saturated heterocycles. The Labute approximate surface area is 113 Å². The Morgan fingerprint density at radius 3 is 2.68 bits per heavy atom. The number of fused-ring (bicyclic) bond motifs is 1. The highest BCUT2D eigenvalue weighted by Gasteiger charge is 2.15. The second-order valence-corrected chi connectivity index (χ2v) is 6.79. The van der Waals surface area contributed by atoms with Gasteiger partial charge in [0.05, 0.1) is 0 Å². The van der Waals surface area contributed by atoms with Crippen LogP contribution < -0.4 is 0 Å². The zero-order valence-electron chi connectivity index (χ0n) is 9.54. The van der Waals surface area contributed by atoms with Crippen LogP contribution in [0.5, 0.6) is 0 Å². The molecule has 0 unspecified atom stereocenters. The monoisotopic (exact) mass is 297 g/mol. The van der Waals surface area contributed by atoms with Gasteiger partial charge in [0, 0.05) is 22.1 Å². The maximum absolute atomic E-state index is 10.9. The summed E-state index contributed by atoms with van der Waals surface area (Å²) >= 11 is 0. The zero-order valence-corrected chi connectivity index (χ0v) is 11.1. The molecule has 2 aromatic heterocycles. The molecule has 0 aliphatic carbocycles. The molecule has 0 atom stereocenters. The predicted octanol–water partition coefficient (Wildman–Crippen LogP) is 3.16. The van der Waals surface area contributed by atoms with Gasteiger partial charge in [-0.1, -0.05) is 23.4 Å². The first kappa shape index (κ1) is 12.3. The summed E-state index contributed by atoms with van der Waals surface area (Å²) in [6.45, 7) is 0. The van der Waals surface area contributed by atoms with Crippen molar-refractivity contribution in [1.29, 1.82) is 0 Å². The first-order valence-electron chi connectivity index (χ1n) is 5.38. The van der Waals surface area contributed by atoms with E-state index in [-0.39, 0.29) is 11.4 Å². The molecule has 0 bridgehead atoms. The first-order valence-corrected chi connectivity index (χ1v) is 7.86. The molecule has 2 heterocycles. The third-order valence-electron chi connectivity index (χ3n) is 2.55. The van der Waals surface area contributed by atoms with Crippen molar-refractivity contribution in [1.82, 2.24) is 5.16 Å². The number of benzene rings is 1. The summed E-state index contributed by atoms with van der Waals surface area (Å²) in [6.07, 6.45) is 0. The Bertz CT molecular complexity index is 801. The van der Waals surface area contributed by atoms with Crippen LogP contribution in [0.1, 0.15) is 5.69 Å². The van der Waals surface area contributed by atoms with E-state index in [9.17, 15) is 8.42 Å². The van der Waals surface area contributed by atoms with E-state index in [2.05, 4.69) is 5.16 Å². The Morgan fingerprint density at radius 1 is 1.16 bits per heavy atom. The van der Waals surface area contributed by atoms with Gasteiger partial charge >= 0.3 is 0 Å². The largest absolute Gasteiger partial charge is 0.453 e. The first-order chi connectivity index (χ1) is 9.01. The third kappa shape index (κ3) is 2.64. The minimum atomic E-state index is -3.65. The molecule has 0 radical (unpaired) electrons. The smallest absolute Gasteiger partial charge is 0.238 e. The molecule has 19 heavy (non-hydrogen) atoms. The number of hydrogen-bond acceptors (Lipinski definition) is 5. The van der Waals surface area contributed by atoms with Gasteiger partial charge in [-0.15, -0.1) is 0 Å². The van der Waals surface area contributed by atoms with E-state index >= 15 is 0 Å². The van der Waals surface area contributed by atoms with E-state index in [1.165, 1.54) is 6.07 Å². The van der Waals surface area contributed by atoms with Gasteiger partial charge in [-0.25, -0.2) is 8.42 Å². The van der Waals surface area contributed by atoms with Crippen molar-refractivity contribution in [2.45, 2.75) is 5.75 Å². The molecular formula is C12H8ClNO4S. The fourth-order valence-electron chi connectivity index (χ4n) is 1.78. The fourth-order valence-corrected chi connectivity index (χ4v) is 2.60. The maximum Gasteiger partial charge on any atom is 0.238 e. The molecule has 98 valence electrons. The lowest BCUT2D eigenvalue weighted by molar-refractivity contribution is 0.415. The van der Waals surface area contributed by atoms with Crippen LogP contribution in [0.3, 0.4) is 0 Å². The SMILES string of the molecule is O=S(=O)(Cl)Cc1cc(-c2cc3ccccc3o2)on1. The average molecular weight is 298 g/mol. The summed E-state index contributed by atoms with van der Waals surface area (Å²) < 4.78 is 32.5. The van der Waals surface area contributed by atoms with Crippen molar-refractivity contribution in [2.24, 2.45) is 0 Å². The molecular weight excluding hydrogens is 290 g/mol. The van der Waals surface area contributed by atoms with Crippen molar-refractivity contribution in [3.05, 3.63) is 42.1 Å². The Balaban J connectivity index is 1.98. The number of hydrogen-bond donors (Lipinski definition) is 0. The van der Waals surface area contributed by atoms with Crippen molar-refractivity contribution in [2.75, 3.05) is 0 Å². The second-order valence-electron chi connectivity index (χ2n) is 4.01. The van der Waals surface area contributed by atoms with Crippen LogP contribution in [0.15, 0.2) is 45.3 Å². The van der Waals surface area contributed by atoms with Gasteiger partial charge in [0.2, 0.25) is 14.8 Å². The highest BCUT2D eigenvalue weighted by molar-refractivity contribution is 8.13. The van der Waals surface area contributed by atoms with Crippen LogP contribution in [0, 0.1) is 0 Å². The summed E-state index contributed by atoms with van der Waals surface area (Å²) in [5.74, 6) is 0.483. The number of rotatable bonds is 3. The molecule has 3 rings (SSSR count). The molecule has 3 aromatic rings. The van der Waals surface area contributed by atoms with Crippen molar-refractivity contribution >= 4 is 30.7 Å². The van der Waals surface area contributed by atoms with Crippen LogP contribution in [0.4, 0.5) is 0 Å². The number of furan rings is 1. The minimum absolute atomic E-state index is 0.241. The molecule has 0 spiro atoms. The number of nitrogens with zero attached hydrogens (tertiary/aromatic N) is 1. The van der Waals surface area contributed by atoms with Gasteiger partial charge in [-0.2, -0.15) is 0 Å². The van der Waals surface area contributed by atoms with Crippen LogP contribution in [0.2, 0.25) is 0 Å². The molecule has 1 aromatic carbocycles. The van der Waals surface area contributed by atoms with Crippen LogP contribution in [-0.2, 0) is 14.8 Å². The van der Waals surface area contributed by atoms with Gasteiger partial charge in [-0.05, 0) is 12.1 Å². The van der Waals surface area contributed by atoms with E-state index in [0.717, 1.165) is 11.0 Å². The van der Waals surface area contributed by atoms with Crippen LogP contribution in [-0.4, -0.2) is 13.6 Å². The predicted molar refractivity (Wildman–Crippen MR) is 70.2 cm³/mol. The molecule has 5 nitrogen and oxygen atoms in total. The minimum Gasteiger partial charge on any atom is -0.453 e. The third-order valence-corrected chi connectivity index (χ3v) is 3.52. The molecule has 7 heteroatoms. The van der Waals surface area contributed by atoms with Crippen LogP contribution >= 0.6 is 10.7 Å². The molecule has 0 amide bonds. The van der Waals surface area contributed by atoms with Gasteiger partial charge in [-0.3, -0.25) is 0 Å². The molecule has 0 aliphatic heterocycles.